The minimum absolute atomic E-state index is 0.0294. The number of hydrogen-bond acceptors (Lipinski definition) is 6. The number of likely N-dealkylation sites (N-methyl/N-ethyl adjacent to an activating group) is 1. The van der Waals surface area contributed by atoms with Crippen LogP contribution >= 0.6 is 0 Å². The summed E-state index contributed by atoms with van der Waals surface area (Å²) in [5, 5.41) is 11.2. The summed E-state index contributed by atoms with van der Waals surface area (Å²) < 4.78 is 10.9. The third-order valence-electron chi connectivity index (χ3n) is 4.13. The van der Waals surface area contributed by atoms with Crippen molar-refractivity contribution in [2.24, 2.45) is 0 Å². The van der Waals surface area contributed by atoms with Gasteiger partial charge in [0.2, 0.25) is 17.7 Å². The van der Waals surface area contributed by atoms with Gasteiger partial charge in [-0.2, -0.15) is 0 Å². The van der Waals surface area contributed by atoms with Gasteiger partial charge in [0.25, 0.3) is 0 Å². The van der Waals surface area contributed by atoms with Crippen molar-refractivity contribution in [3.8, 4) is 17.2 Å². The molecule has 3 rings (SSSR count). The number of ether oxygens (including phenoxy) is 1. The Morgan fingerprint density at radius 3 is 2.71 bits per heavy atom. The lowest BCUT2D eigenvalue weighted by atomic mass is 10.2. The molecule has 0 spiro atoms. The van der Waals surface area contributed by atoms with Gasteiger partial charge in [-0.3, -0.25) is 9.69 Å². The van der Waals surface area contributed by atoms with Gasteiger partial charge in [-0.05, 0) is 51.1 Å². The van der Waals surface area contributed by atoms with Crippen LogP contribution in [0.25, 0.3) is 11.5 Å². The fraction of sp³-hybridized carbons (Fsp3) is 0.471. The number of amides is 1. The van der Waals surface area contributed by atoms with E-state index in [9.17, 15) is 4.79 Å². The summed E-state index contributed by atoms with van der Waals surface area (Å²) in [6, 6.07) is 7.65. The number of hydrogen-bond donors (Lipinski definition) is 1. The molecule has 1 N–H and O–H groups in total. The Kier molecular flexibility index (Phi) is 4.80. The van der Waals surface area contributed by atoms with Crippen molar-refractivity contribution in [3.05, 3.63) is 30.2 Å². The third kappa shape index (κ3) is 3.91. The zero-order valence-electron chi connectivity index (χ0n) is 14.2. The molecule has 1 aliphatic rings. The van der Waals surface area contributed by atoms with Gasteiger partial charge in [0.15, 0.2) is 0 Å². The van der Waals surface area contributed by atoms with Gasteiger partial charge < -0.3 is 14.5 Å². The number of benzene rings is 1. The van der Waals surface area contributed by atoms with Gasteiger partial charge in [0.1, 0.15) is 5.75 Å². The molecule has 0 saturated heterocycles. The summed E-state index contributed by atoms with van der Waals surface area (Å²) in [5.41, 5.74) is 0.830. The molecule has 128 valence electrons. The number of aromatic nitrogens is 2. The van der Waals surface area contributed by atoms with E-state index >= 15 is 0 Å². The maximum Gasteiger partial charge on any atom is 0.247 e. The molecule has 0 radical (unpaired) electrons. The van der Waals surface area contributed by atoms with Crippen LogP contribution in [-0.2, 0) is 4.79 Å². The first kappa shape index (κ1) is 16.4. The van der Waals surface area contributed by atoms with E-state index in [1.54, 1.807) is 7.11 Å². The van der Waals surface area contributed by atoms with Crippen LogP contribution in [-0.4, -0.2) is 47.7 Å². The van der Waals surface area contributed by atoms with Crippen molar-refractivity contribution < 1.29 is 13.9 Å². The molecule has 1 saturated carbocycles. The van der Waals surface area contributed by atoms with E-state index in [-0.39, 0.29) is 11.9 Å². The second-order valence-corrected chi connectivity index (χ2v) is 6.11. The Morgan fingerprint density at radius 1 is 1.38 bits per heavy atom. The smallest absolute Gasteiger partial charge is 0.247 e. The molecule has 1 atom stereocenters. The van der Waals surface area contributed by atoms with E-state index < -0.39 is 0 Å². The molecule has 2 aromatic rings. The fourth-order valence-electron chi connectivity index (χ4n) is 2.31. The normalized spacial score (nSPS) is 15.3. The van der Waals surface area contributed by atoms with E-state index in [1.807, 2.05) is 43.1 Å². The van der Waals surface area contributed by atoms with Crippen LogP contribution in [0.2, 0.25) is 0 Å². The lowest BCUT2D eigenvalue weighted by molar-refractivity contribution is -0.122. The predicted molar refractivity (Wildman–Crippen MR) is 88.5 cm³/mol. The lowest BCUT2D eigenvalue weighted by Crippen LogP contribution is -2.37. The second-order valence-electron chi connectivity index (χ2n) is 6.11. The molecule has 0 bridgehead atoms. The van der Waals surface area contributed by atoms with Crippen LogP contribution in [0.5, 0.6) is 5.75 Å². The monoisotopic (exact) mass is 330 g/mol. The molecular formula is C17H22N4O3. The standard InChI is InChI=1S/C17H22N4O3/c1-11(21(2)10-15(22)18-13-6-7-13)16-19-20-17(24-16)12-4-8-14(23-3)9-5-12/h4-5,8-9,11,13H,6-7,10H2,1-3H3,(H,18,22)/t11-/m0/s1. The second kappa shape index (κ2) is 7.00. The van der Waals surface area contributed by atoms with E-state index in [4.69, 9.17) is 9.15 Å². The van der Waals surface area contributed by atoms with E-state index in [0.717, 1.165) is 24.2 Å². The first-order chi connectivity index (χ1) is 11.6. The van der Waals surface area contributed by atoms with Crippen molar-refractivity contribution >= 4 is 5.91 Å². The van der Waals surface area contributed by atoms with Crippen molar-refractivity contribution in [3.63, 3.8) is 0 Å². The van der Waals surface area contributed by atoms with Crippen LogP contribution in [0.15, 0.2) is 28.7 Å². The zero-order valence-corrected chi connectivity index (χ0v) is 14.2. The molecule has 1 heterocycles. The van der Waals surface area contributed by atoms with Gasteiger partial charge in [-0.1, -0.05) is 0 Å². The number of carbonyl (C=O) groups excluding carboxylic acids is 1. The van der Waals surface area contributed by atoms with Crippen LogP contribution in [0, 0.1) is 0 Å². The number of methoxy groups -OCH3 is 1. The highest BCUT2D eigenvalue weighted by Crippen LogP contribution is 2.25. The van der Waals surface area contributed by atoms with Gasteiger partial charge in [-0.25, -0.2) is 0 Å². The largest absolute Gasteiger partial charge is 0.497 e. The molecule has 7 nitrogen and oxygen atoms in total. The van der Waals surface area contributed by atoms with E-state index in [2.05, 4.69) is 15.5 Å². The quantitative estimate of drug-likeness (QED) is 0.836. The first-order valence-electron chi connectivity index (χ1n) is 8.04. The first-order valence-corrected chi connectivity index (χ1v) is 8.04. The molecule has 1 amide bonds. The van der Waals surface area contributed by atoms with Gasteiger partial charge in [0, 0.05) is 11.6 Å². The summed E-state index contributed by atoms with van der Waals surface area (Å²) in [4.78, 5) is 13.8. The SMILES string of the molecule is COc1ccc(-c2nnc([C@H](C)N(C)CC(=O)NC3CC3)o2)cc1. The van der Waals surface area contributed by atoms with Crippen molar-refractivity contribution in [1.29, 1.82) is 0 Å². The summed E-state index contributed by atoms with van der Waals surface area (Å²) in [5.74, 6) is 1.74. The van der Waals surface area contributed by atoms with Crippen molar-refractivity contribution in [2.45, 2.75) is 31.8 Å². The van der Waals surface area contributed by atoms with E-state index in [0.29, 0.717) is 24.4 Å². The van der Waals surface area contributed by atoms with Crippen molar-refractivity contribution in [1.82, 2.24) is 20.4 Å². The zero-order chi connectivity index (χ0) is 17.1. The predicted octanol–water partition coefficient (Wildman–Crippen LogP) is 2.02. The minimum Gasteiger partial charge on any atom is -0.497 e. The van der Waals surface area contributed by atoms with Crippen LogP contribution in [0.1, 0.15) is 31.7 Å². The molecule has 1 fully saturated rings. The average molecular weight is 330 g/mol. The molecule has 1 aliphatic carbocycles. The molecule has 1 aromatic heterocycles. The van der Waals surface area contributed by atoms with Crippen LogP contribution in [0.3, 0.4) is 0 Å². The summed E-state index contributed by atoms with van der Waals surface area (Å²) in [6.45, 7) is 2.24. The Hall–Kier alpha value is -2.41. The molecular weight excluding hydrogens is 308 g/mol. The molecule has 7 heteroatoms. The molecule has 1 aromatic carbocycles. The topological polar surface area (TPSA) is 80.5 Å². The summed E-state index contributed by atoms with van der Waals surface area (Å²) in [7, 11) is 3.49. The molecule has 0 aliphatic heterocycles. The fourth-order valence-corrected chi connectivity index (χ4v) is 2.31. The van der Waals surface area contributed by atoms with E-state index in [1.165, 1.54) is 0 Å². The Bertz CT molecular complexity index is 694. The molecule has 0 unspecified atom stereocenters. The van der Waals surface area contributed by atoms with Gasteiger partial charge >= 0.3 is 0 Å². The van der Waals surface area contributed by atoms with Crippen molar-refractivity contribution in [2.75, 3.05) is 20.7 Å². The summed E-state index contributed by atoms with van der Waals surface area (Å²) in [6.07, 6.45) is 2.17. The Labute approximate surface area is 141 Å². The van der Waals surface area contributed by atoms with Crippen LogP contribution < -0.4 is 10.1 Å². The Morgan fingerprint density at radius 2 is 2.08 bits per heavy atom. The van der Waals surface area contributed by atoms with Gasteiger partial charge in [0.05, 0.1) is 19.7 Å². The van der Waals surface area contributed by atoms with Gasteiger partial charge in [-0.15, -0.1) is 10.2 Å². The maximum absolute atomic E-state index is 11.9. The highest BCUT2D eigenvalue weighted by atomic mass is 16.5. The highest BCUT2D eigenvalue weighted by Gasteiger charge is 2.25. The van der Waals surface area contributed by atoms with Crippen LogP contribution in [0.4, 0.5) is 0 Å². The minimum atomic E-state index is -0.144. The highest BCUT2D eigenvalue weighted by molar-refractivity contribution is 5.78. The maximum atomic E-state index is 11.9. The average Bonchev–Trinajstić information content (AvgIpc) is 3.26. The summed E-state index contributed by atoms with van der Waals surface area (Å²) >= 11 is 0. The Balaban J connectivity index is 1.63. The lowest BCUT2D eigenvalue weighted by Gasteiger charge is -2.20. The number of carbonyl (C=O) groups is 1. The third-order valence-corrected chi connectivity index (χ3v) is 4.13. The molecule has 24 heavy (non-hydrogen) atoms. The number of nitrogens with zero attached hydrogens (tertiary/aromatic N) is 3. The number of nitrogens with one attached hydrogen (secondary N) is 1. The number of rotatable bonds is 7.